The number of nitrogens with one attached hydrogen (secondary N) is 3. The van der Waals surface area contributed by atoms with Crippen molar-refractivity contribution in [1.82, 2.24) is 19.7 Å². The second kappa shape index (κ2) is 8.80. The number of thioether (sulfide) groups is 1. The summed E-state index contributed by atoms with van der Waals surface area (Å²) in [5, 5.41) is 20.6. The SMILES string of the molecule is Cc1ccc(NC(=O)CSc2nc3n[nH]c(C)c3c(=N)n2-c2cccc(Cl)c2C)cc1C. The standard InChI is InChI=1S/C23H23ClN6OS/c1-12-8-9-16(10-13(12)2)26-19(31)11-32-23-27-22-20(15(4)28-29-22)21(25)30(23)18-7-5-6-17(24)14(18)3/h5-10,25H,11H2,1-4H3,(H,26,31)(H,28,29). The highest BCUT2D eigenvalue weighted by Gasteiger charge is 2.18. The smallest absolute Gasteiger partial charge is 0.234 e. The molecular weight excluding hydrogens is 444 g/mol. The Morgan fingerprint density at radius 2 is 1.97 bits per heavy atom. The van der Waals surface area contributed by atoms with Gasteiger partial charge in [-0.2, -0.15) is 5.10 Å². The third kappa shape index (κ3) is 4.16. The Morgan fingerprint density at radius 3 is 2.72 bits per heavy atom. The summed E-state index contributed by atoms with van der Waals surface area (Å²) in [6, 6.07) is 11.4. The van der Waals surface area contributed by atoms with Gasteiger partial charge in [0.2, 0.25) is 5.91 Å². The van der Waals surface area contributed by atoms with Gasteiger partial charge in [0.05, 0.1) is 16.8 Å². The van der Waals surface area contributed by atoms with Gasteiger partial charge in [-0.3, -0.25) is 19.9 Å². The van der Waals surface area contributed by atoms with Gasteiger partial charge in [-0.15, -0.1) is 0 Å². The number of hydrogen-bond acceptors (Lipinski definition) is 5. The molecule has 0 radical (unpaired) electrons. The number of aromatic nitrogens is 4. The van der Waals surface area contributed by atoms with Crippen LogP contribution < -0.4 is 10.8 Å². The minimum atomic E-state index is -0.153. The summed E-state index contributed by atoms with van der Waals surface area (Å²) in [6.45, 7) is 7.80. The quantitative estimate of drug-likeness (QED) is 0.289. The second-order valence-electron chi connectivity index (χ2n) is 7.65. The second-order valence-corrected chi connectivity index (χ2v) is 9.00. The summed E-state index contributed by atoms with van der Waals surface area (Å²) < 4.78 is 1.72. The summed E-state index contributed by atoms with van der Waals surface area (Å²) in [5.41, 5.74) is 6.06. The molecule has 0 saturated heterocycles. The Labute approximate surface area is 194 Å². The molecule has 4 aromatic rings. The third-order valence-corrected chi connectivity index (χ3v) is 6.73. The highest BCUT2D eigenvalue weighted by molar-refractivity contribution is 7.99. The van der Waals surface area contributed by atoms with Crippen molar-refractivity contribution in [2.24, 2.45) is 0 Å². The van der Waals surface area contributed by atoms with E-state index in [4.69, 9.17) is 17.0 Å². The van der Waals surface area contributed by atoms with E-state index in [0.29, 0.717) is 21.2 Å². The van der Waals surface area contributed by atoms with Crippen molar-refractivity contribution in [3.05, 3.63) is 69.3 Å². The van der Waals surface area contributed by atoms with Crippen LogP contribution >= 0.6 is 23.4 Å². The van der Waals surface area contributed by atoms with E-state index in [1.807, 2.05) is 64.1 Å². The van der Waals surface area contributed by atoms with Gasteiger partial charge >= 0.3 is 0 Å². The molecule has 0 aliphatic heterocycles. The molecule has 0 spiro atoms. The number of rotatable bonds is 5. The number of nitrogens with zero attached hydrogens (tertiary/aromatic N) is 3. The van der Waals surface area contributed by atoms with Crippen molar-refractivity contribution in [2.45, 2.75) is 32.9 Å². The molecule has 2 aromatic carbocycles. The first kappa shape index (κ1) is 22.1. The maximum Gasteiger partial charge on any atom is 0.234 e. The molecule has 164 valence electrons. The van der Waals surface area contributed by atoms with E-state index < -0.39 is 0 Å². The molecule has 0 aliphatic carbocycles. The average Bonchev–Trinajstić information content (AvgIpc) is 3.12. The molecule has 0 unspecified atom stereocenters. The molecular formula is C23H23ClN6OS. The van der Waals surface area contributed by atoms with Crippen LogP contribution in [0.5, 0.6) is 0 Å². The molecule has 0 aliphatic rings. The van der Waals surface area contributed by atoms with Crippen molar-refractivity contribution >= 4 is 46.0 Å². The van der Waals surface area contributed by atoms with E-state index in [2.05, 4.69) is 20.5 Å². The largest absolute Gasteiger partial charge is 0.325 e. The number of anilines is 1. The summed E-state index contributed by atoms with van der Waals surface area (Å²) in [5.74, 6) is -0.0206. The van der Waals surface area contributed by atoms with Gasteiger partial charge in [-0.1, -0.05) is 35.5 Å². The minimum absolute atomic E-state index is 0.133. The van der Waals surface area contributed by atoms with E-state index in [9.17, 15) is 4.79 Å². The summed E-state index contributed by atoms with van der Waals surface area (Å²) >= 11 is 7.61. The fourth-order valence-electron chi connectivity index (χ4n) is 3.43. The zero-order valence-corrected chi connectivity index (χ0v) is 19.8. The number of H-pyrrole nitrogens is 1. The number of carbonyl (C=O) groups excluding carboxylic acids is 1. The molecule has 32 heavy (non-hydrogen) atoms. The van der Waals surface area contributed by atoms with Crippen LogP contribution in [0.2, 0.25) is 5.02 Å². The van der Waals surface area contributed by atoms with E-state index >= 15 is 0 Å². The number of aryl methyl sites for hydroxylation is 3. The molecule has 0 saturated carbocycles. The van der Waals surface area contributed by atoms with E-state index in [1.165, 1.54) is 17.3 Å². The first-order valence-electron chi connectivity index (χ1n) is 10.0. The van der Waals surface area contributed by atoms with E-state index in [-0.39, 0.29) is 17.1 Å². The normalized spacial score (nSPS) is 11.2. The lowest BCUT2D eigenvalue weighted by Crippen LogP contribution is -2.24. The number of benzene rings is 2. The molecule has 0 atom stereocenters. The van der Waals surface area contributed by atoms with Crippen LogP contribution in [-0.2, 0) is 4.79 Å². The molecule has 9 heteroatoms. The predicted octanol–water partition coefficient (Wildman–Crippen LogP) is 4.85. The lowest BCUT2D eigenvalue weighted by molar-refractivity contribution is -0.113. The van der Waals surface area contributed by atoms with Crippen LogP contribution in [0.1, 0.15) is 22.4 Å². The van der Waals surface area contributed by atoms with Crippen molar-refractivity contribution < 1.29 is 4.79 Å². The lowest BCUT2D eigenvalue weighted by Gasteiger charge is -2.16. The zero-order valence-electron chi connectivity index (χ0n) is 18.2. The number of halogens is 1. The molecule has 7 nitrogen and oxygen atoms in total. The van der Waals surface area contributed by atoms with Crippen LogP contribution in [0.4, 0.5) is 5.69 Å². The molecule has 0 fully saturated rings. The summed E-state index contributed by atoms with van der Waals surface area (Å²) in [4.78, 5) is 17.3. The van der Waals surface area contributed by atoms with Crippen LogP contribution in [0.3, 0.4) is 0 Å². The number of amides is 1. The first-order chi connectivity index (χ1) is 15.3. The Morgan fingerprint density at radius 1 is 1.19 bits per heavy atom. The van der Waals surface area contributed by atoms with Crippen molar-refractivity contribution in [2.75, 3.05) is 11.1 Å². The van der Waals surface area contributed by atoms with Gasteiger partial charge in [-0.25, -0.2) is 4.98 Å². The van der Waals surface area contributed by atoms with Crippen LogP contribution in [0, 0.1) is 33.1 Å². The molecule has 2 heterocycles. The Balaban J connectivity index is 1.70. The van der Waals surface area contributed by atoms with Crippen LogP contribution in [-0.4, -0.2) is 31.4 Å². The Hall–Kier alpha value is -3.10. The first-order valence-corrected chi connectivity index (χ1v) is 11.4. The lowest BCUT2D eigenvalue weighted by atomic mass is 10.1. The van der Waals surface area contributed by atoms with Crippen molar-refractivity contribution in [3.8, 4) is 5.69 Å². The predicted molar refractivity (Wildman–Crippen MR) is 129 cm³/mol. The number of fused-ring (bicyclic) bond motifs is 1. The molecule has 1 amide bonds. The number of hydrogen-bond donors (Lipinski definition) is 3. The highest BCUT2D eigenvalue weighted by Crippen LogP contribution is 2.27. The molecule has 2 aromatic heterocycles. The van der Waals surface area contributed by atoms with Gasteiger partial charge in [0.15, 0.2) is 10.8 Å². The maximum atomic E-state index is 12.6. The van der Waals surface area contributed by atoms with E-state index in [0.717, 1.165) is 28.2 Å². The molecule has 4 rings (SSSR count). The van der Waals surface area contributed by atoms with Gasteiger partial charge < -0.3 is 5.32 Å². The fourth-order valence-corrected chi connectivity index (χ4v) is 4.41. The summed E-state index contributed by atoms with van der Waals surface area (Å²) in [7, 11) is 0. The third-order valence-electron chi connectivity index (χ3n) is 5.38. The summed E-state index contributed by atoms with van der Waals surface area (Å²) in [6.07, 6.45) is 0. The van der Waals surface area contributed by atoms with Crippen molar-refractivity contribution in [3.63, 3.8) is 0 Å². The highest BCUT2D eigenvalue weighted by atomic mass is 35.5. The minimum Gasteiger partial charge on any atom is -0.325 e. The number of aromatic amines is 1. The average molecular weight is 467 g/mol. The Bertz CT molecular complexity index is 1410. The van der Waals surface area contributed by atoms with Gasteiger partial charge in [0.25, 0.3) is 0 Å². The monoisotopic (exact) mass is 466 g/mol. The fraction of sp³-hybridized carbons (Fsp3) is 0.217. The maximum absolute atomic E-state index is 12.6. The van der Waals surface area contributed by atoms with Gasteiger partial charge in [0, 0.05) is 16.4 Å². The molecule has 3 N–H and O–H groups in total. The van der Waals surface area contributed by atoms with Gasteiger partial charge in [-0.05, 0) is 68.7 Å². The number of carbonyl (C=O) groups is 1. The van der Waals surface area contributed by atoms with Crippen molar-refractivity contribution in [1.29, 1.82) is 5.41 Å². The zero-order chi connectivity index (χ0) is 23.0. The van der Waals surface area contributed by atoms with Crippen LogP contribution in [0.25, 0.3) is 16.7 Å². The Kier molecular flexibility index (Phi) is 6.08. The van der Waals surface area contributed by atoms with E-state index in [1.54, 1.807) is 4.57 Å². The van der Waals surface area contributed by atoms with Gasteiger partial charge in [0.1, 0.15) is 5.49 Å². The topological polar surface area (TPSA) is 99.5 Å². The molecule has 0 bridgehead atoms. The van der Waals surface area contributed by atoms with Crippen LogP contribution in [0.15, 0.2) is 41.6 Å².